The molecule has 0 spiro atoms. The maximum absolute atomic E-state index is 12.3. The normalized spacial score (nSPS) is 19.5. The molecule has 1 fully saturated rings. The van der Waals surface area contributed by atoms with E-state index in [-0.39, 0.29) is 27.3 Å². The van der Waals surface area contributed by atoms with Crippen molar-refractivity contribution in [2.75, 3.05) is 5.75 Å². The summed E-state index contributed by atoms with van der Waals surface area (Å²) in [7, 11) is 0. The van der Waals surface area contributed by atoms with Gasteiger partial charge in [0.15, 0.2) is 5.78 Å². The lowest BCUT2D eigenvalue weighted by atomic mass is 10.0. The fraction of sp³-hybridized carbons (Fsp3) is 0.417. The molecular weight excluding hydrogens is 274 g/mol. The standard InChI is InChI=1S/C12H12ClNO3S/c13-8-4-3-5-9(14(16)17)11(8)12(15)10-6-1-2-7-18-10/h3-5,10H,1-2,6-7H2. The number of Topliss-reactive ketones (excluding diaryl/α,β-unsaturated/α-hetero) is 1. The minimum absolute atomic E-state index is 0.0589. The molecular formula is C12H12ClNO3S. The molecule has 0 aliphatic carbocycles. The van der Waals surface area contributed by atoms with E-state index in [0.29, 0.717) is 0 Å². The quantitative estimate of drug-likeness (QED) is 0.482. The van der Waals surface area contributed by atoms with Crippen molar-refractivity contribution in [3.63, 3.8) is 0 Å². The van der Waals surface area contributed by atoms with Gasteiger partial charge in [-0.15, -0.1) is 0 Å². The number of rotatable bonds is 3. The van der Waals surface area contributed by atoms with Crippen LogP contribution < -0.4 is 0 Å². The highest BCUT2D eigenvalue weighted by Crippen LogP contribution is 2.33. The van der Waals surface area contributed by atoms with Gasteiger partial charge in [0.05, 0.1) is 15.2 Å². The monoisotopic (exact) mass is 285 g/mol. The van der Waals surface area contributed by atoms with Crippen LogP contribution in [-0.4, -0.2) is 21.7 Å². The Bertz CT molecular complexity index is 486. The van der Waals surface area contributed by atoms with Gasteiger partial charge in [0.1, 0.15) is 5.56 Å². The Morgan fingerprint density at radius 2 is 2.22 bits per heavy atom. The van der Waals surface area contributed by atoms with Gasteiger partial charge in [-0.1, -0.05) is 24.1 Å². The molecule has 1 unspecified atom stereocenters. The number of carbonyl (C=O) groups excluding carboxylic acids is 1. The minimum Gasteiger partial charge on any atom is -0.293 e. The molecule has 1 aliphatic rings. The van der Waals surface area contributed by atoms with Gasteiger partial charge in [0.2, 0.25) is 0 Å². The lowest BCUT2D eigenvalue weighted by Gasteiger charge is -2.20. The van der Waals surface area contributed by atoms with E-state index in [4.69, 9.17) is 11.6 Å². The van der Waals surface area contributed by atoms with Crippen molar-refractivity contribution < 1.29 is 9.72 Å². The van der Waals surface area contributed by atoms with Gasteiger partial charge in [0, 0.05) is 6.07 Å². The van der Waals surface area contributed by atoms with Crippen LogP contribution in [0, 0.1) is 10.1 Å². The van der Waals surface area contributed by atoms with Crippen molar-refractivity contribution in [2.24, 2.45) is 0 Å². The topological polar surface area (TPSA) is 60.2 Å². The predicted molar refractivity (Wildman–Crippen MR) is 72.5 cm³/mol. The molecule has 96 valence electrons. The molecule has 1 heterocycles. The van der Waals surface area contributed by atoms with Crippen LogP contribution >= 0.6 is 23.4 Å². The zero-order valence-electron chi connectivity index (χ0n) is 9.60. The highest BCUT2D eigenvalue weighted by molar-refractivity contribution is 8.00. The van der Waals surface area contributed by atoms with E-state index in [2.05, 4.69) is 0 Å². The number of nitrogens with zero attached hydrogens (tertiary/aromatic N) is 1. The van der Waals surface area contributed by atoms with Gasteiger partial charge < -0.3 is 0 Å². The summed E-state index contributed by atoms with van der Waals surface area (Å²) in [6.45, 7) is 0. The van der Waals surface area contributed by atoms with E-state index in [1.807, 2.05) is 0 Å². The first-order chi connectivity index (χ1) is 8.61. The Morgan fingerprint density at radius 3 is 2.83 bits per heavy atom. The van der Waals surface area contributed by atoms with Crippen molar-refractivity contribution in [3.8, 4) is 0 Å². The summed E-state index contributed by atoms with van der Waals surface area (Å²) in [5.74, 6) is 0.714. The fourth-order valence-electron chi connectivity index (χ4n) is 2.02. The van der Waals surface area contributed by atoms with Crippen LogP contribution in [0.15, 0.2) is 18.2 Å². The SMILES string of the molecule is O=C(c1c(Cl)cccc1[N+](=O)[O-])C1CCCCS1. The van der Waals surface area contributed by atoms with E-state index in [1.54, 1.807) is 11.8 Å². The number of nitro groups is 1. The van der Waals surface area contributed by atoms with Crippen molar-refractivity contribution in [2.45, 2.75) is 24.5 Å². The van der Waals surface area contributed by atoms with E-state index >= 15 is 0 Å². The predicted octanol–water partition coefficient (Wildman–Crippen LogP) is 3.72. The maximum atomic E-state index is 12.3. The molecule has 0 aromatic heterocycles. The Balaban J connectivity index is 2.36. The van der Waals surface area contributed by atoms with E-state index in [1.165, 1.54) is 18.2 Å². The van der Waals surface area contributed by atoms with Crippen LogP contribution in [0.2, 0.25) is 5.02 Å². The Labute approximate surface area is 114 Å². The summed E-state index contributed by atoms with van der Waals surface area (Å²) in [6, 6.07) is 4.34. The minimum atomic E-state index is -0.549. The number of ketones is 1. The molecule has 1 aromatic rings. The van der Waals surface area contributed by atoms with E-state index in [0.717, 1.165) is 25.0 Å². The van der Waals surface area contributed by atoms with Crippen LogP contribution in [0.3, 0.4) is 0 Å². The van der Waals surface area contributed by atoms with Crippen molar-refractivity contribution >= 4 is 34.8 Å². The third kappa shape index (κ3) is 2.67. The maximum Gasteiger partial charge on any atom is 0.281 e. The van der Waals surface area contributed by atoms with Crippen molar-refractivity contribution in [3.05, 3.63) is 38.9 Å². The van der Waals surface area contributed by atoms with Gasteiger partial charge in [-0.25, -0.2) is 0 Å². The first kappa shape index (κ1) is 13.4. The third-order valence-electron chi connectivity index (χ3n) is 2.91. The highest BCUT2D eigenvalue weighted by atomic mass is 35.5. The molecule has 0 saturated carbocycles. The fourth-order valence-corrected chi connectivity index (χ4v) is 3.54. The van der Waals surface area contributed by atoms with Crippen LogP contribution in [0.4, 0.5) is 5.69 Å². The zero-order chi connectivity index (χ0) is 13.1. The lowest BCUT2D eigenvalue weighted by molar-refractivity contribution is -0.385. The first-order valence-corrected chi connectivity index (χ1v) is 7.12. The van der Waals surface area contributed by atoms with Gasteiger partial charge in [-0.2, -0.15) is 11.8 Å². The van der Waals surface area contributed by atoms with Gasteiger partial charge in [-0.05, 0) is 24.7 Å². The summed E-state index contributed by atoms with van der Waals surface area (Å²) < 4.78 is 0. The molecule has 1 saturated heterocycles. The second kappa shape index (κ2) is 5.71. The second-order valence-corrected chi connectivity index (χ2v) is 5.83. The second-order valence-electron chi connectivity index (χ2n) is 4.11. The molecule has 0 N–H and O–H groups in total. The Kier molecular flexibility index (Phi) is 4.24. The van der Waals surface area contributed by atoms with E-state index < -0.39 is 4.92 Å². The van der Waals surface area contributed by atoms with Gasteiger partial charge in [-0.3, -0.25) is 14.9 Å². The number of hydrogen-bond acceptors (Lipinski definition) is 4. The number of nitro benzene ring substituents is 1. The molecule has 6 heteroatoms. The highest BCUT2D eigenvalue weighted by Gasteiger charge is 2.30. The average Bonchev–Trinajstić information content (AvgIpc) is 2.38. The zero-order valence-corrected chi connectivity index (χ0v) is 11.2. The molecule has 4 nitrogen and oxygen atoms in total. The number of benzene rings is 1. The number of thioether (sulfide) groups is 1. The molecule has 2 rings (SSSR count). The van der Waals surface area contributed by atoms with Gasteiger partial charge >= 0.3 is 0 Å². The smallest absolute Gasteiger partial charge is 0.281 e. The molecule has 1 aromatic carbocycles. The number of hydrogen-bond donors (Lipinski definition) is 0. The summed E-state index contributed by atoms with van der Waals surface area (Å²) >= 11 is 7.52. The van der Waals surface area contributed by atoms with Crippen LogP contribution in [0.1, 0.15) is 29.6 Å². The Hall–Kier alpha value is -1.07. The summed E-state index contributed by atoms with van der Waals surface area (Å²) in [5, 5.41) is 10.9. The molecule has 1 aliphatic heterocycles. The molecule has 1 atom stereocenters. The van der Waals surface area contributed by atoms with Crippen LogP contribution in [0.25, 0.3) is 0 Å². The Morgan fingerprint density at radius 1 is 1.44 bits per heavy atom. The number of carbonyl (C=O) groups is 1. The first-order valence-electron chi connectivity index (χ1n) is 5.70. The molecule has 0 radical (unpaired) electrons. The summed E-state index contributed by atoms with van der Waals surface area (Å²) in [6.07, 6.45) is 2.85. The lowest BCUT2D eigenvalue weighted by Crippen LogP contribution is -2.22. The molecule has 0 bridgehead atoms. The van der Waals surface area contributed by atoms with Gasteiger partial charge in [0.25, 0.3) is 5.69 Å². The van der Waals surface area contributed by atoms with Crippen molar-refractivity contribution in [1.82, 2.24) is 0 Å². The van der Waals surface area contributed by atoms with Crippen LogP contribution in [-0.2, 0) is 0 Å². The van der Waals surface area contributed by atoms with Crippen LogP contribution in [0.5, 0.6) is 0 Å². The molecule has 0 amide bonds. The summed E-state index contributed by atoms with van der Waals surface area (Å²) in [4.78, 5) is 22.7. The number of halogens is 1. The molecule has 18 heavy (non-hydrogen) atoms. The van der Waals surface area contributed by atoms with Crippen molar-refractivity contribution in [1.29, 1.82) is 0 Å². The average molecular weight is 286 g/mol. The summed E-state index contributed by atoms with van der Waals surface area (Å²) in [5.41, 5.74) is -0.137. The largest absolute Gasteiger partial charge is 0.293 e. The third-order valence-corrected chi connectivity index (χ3v) is 4.60. The van der Waals surface area contributed by atoms with E-state index in [9.17, 15) is 14.9 Å².